The van der Waals surface area contributed by atoms with Crippen molar-refractivity contribution >= 4 is 0 Å². The van der Waals surface area contributed by atoms with Gasteiger partial charge in [-0.05, 0) is 38.3 Å². The van der Waals surface area contributed by atoms with Gasteiger partial charge in [0.15, 0.2) is 11.5 Å². The third-order valence-electron chi connectivity index (χ3n) is 2.85. The average molecular weight is 236 g/mol. The van der Waals surface area contributed by atoms with E-state index < -0.39 is 0 Å². The fraction of sp³-hybridized carbons (Fsp3) is 0.571. The van der Waals surface area contributed by atoms with Crippen molar-refractivity contribution in [3.05, 3.63) is 24.3 Å². The molecule has 0 unspecified atom stereocenters. The summed E-state index contributed by atoms with van der Waals surface area (Å²) in [4.78, 5) is 0. The summed E-state index contributed by atoms with van der Waals surface area (Å²) < 4.78 is 16.9. The largest absolute Gasteiger partial charge is 0.490 e. The first kappa shape index (κ1) is 12.2. The maximum absolute atomic E-state index is 5.78. The average Bonchev–Trinajstić information content (AvgIpc) is 2.39. The van der Waals surface area contributed by atoms with Crippen molar-refractivity contribution in [2.75, 3.05) is 19.8 Å². The fourth-order valence-electron chi connectivity index (χ4n) is 1.97. The molecule has 1 aromatic carbocycles. The predicted molar refractivity (Wildman–Crippen MR) is 66.7 cm³/mol. The van der Waals surface area contributed by atoms with Crippen LogP contribution in [0.5, 0.6) is 11.5 Å². The lowest BCUT2D eigenvalue weighted by Gasteiger charge is -2.23. The Kier molecular flexibility index (Phi) is 4.68. The van der Waals surface area contributed by atoms with Crippen LogP contribution in [0.1, 0.15) is 26.2 Å². The molecule has 1 aliphatic rings. The zero-order valence-electron chi connectivity index (χ0n) is 10.4. The number of benzene rings is 1. The van der Waals surface area contributed by atoms with E-state index in [1.165, 1.54) is 12.8 Å². The molecule has 0 aromatic heterocycles. The third kappa shape index (κ3) is 3.63. The summed E-state index contributed by atoms with van der Waals surface area (Å²) in [5.41, 5.74) is 0. The van der Waals surface area contributed by atoms with Crippen LogP contribution >= 0.6 is 0 Å². The summed E-state index contributed by atoms with van der Waals surface area (Å²) in [6.07, 6.45) is 3.74. The Balaban J connectivity index is 1.88. The van der Waals surface area contributed by atoms with Crippen LogP contribution in [-0.2, 0) is 4.74 Å². The highest BCUT2D eigenvalue weighted by Crippen LogP contribution is 2.27. The van der Waals surface area contributed by atoms with Gasteiger partial charge < -0.3 is 14.2 Å². The molecule has 1 aliphatic heterocycles. The van der Waals surface area contributed by atoms with Gasteiger partial charge in [0, 0.05) is 6.61 Å². The second kappa shape index (κ2) is 6.50. The maximum atomic E-state index is 5.78. The molecule has 94 valence electrons. The quantitative estimate of drug-likeness (QED) is 0.786. The summed E-state index contributed by atoms with van der Waals surface area (Å²) in [5.74, 6) is 1.62. The molecule has 0 radical (unpaired) electrons. The highest BCUT2D eigenvalue weighted by atomic mass is 16.5. The zero-order chi connectivity index (χ0) is 11.9. The van der Waals surface area contributed by atoms with E-state index in [1.54, 1.807) is 0 Å². The van der Waals surface area contributed by atoms with Crippen LogP contribution in [0.2, 0.25) is 0 Å². The topological polar surface area (TPSA) is 27.7 Å². The summed E-state index contributed by atoms with van der Waals surface area (Å²) in [5, 5.41) is 0. The predicted octanol–water partition coefficient (Wildman–Crippen LogP) is 3.03. The van der Waals surface area contributed by atoms with E-state index in [0.29, 0.717) is 13.2 Å². The van der Waals surface area contributed by atoms with Crippen LogP contribution in [0.25, 0.3) is 0 Å². The first-order valence-corrected chi connectivity index (χ1v) is 6.36. The van der Waals surface area contributed by atoms with E-state index in [2.05, 4.69) is 0 Å². The lowest BCUT2D eigenvalue weighted by atomic mass is 10.1. The van der Waals surface area contributed by atoms with E-state index in [1.807, 2.05) is 31.2 Å². The van der Waals surface area contributed by atoms with Crippen molar-refractivity contribution in [3.8, 4) is 11.5 Å². The van der Waals surface area contributed by atoms with Crippen molar-refractivity contribution in [1.29, 1.82) is 0 Å². The number of rotatable bonds is 5. The molecule has 17 heavy (non-hydrogen) atoms. The Morgan fingerprint density at radius 1 is 1.18 bits per heavy atom. The van der Waals surface area contributed by atoms with Gasteiger partial charge in [-0.25, -0.2) is 0 Å². The molecule has 1 aromatic rings. The van der Waals surface area contributed by atoms with Gasteiger partial charge in [-0.3, -0.25) is 0 Å². The normalized spacial score (nSPS) is 19.9. The number of ether oxygens (including phenoxy) is 3. The SMILES string of the molecule is CCOc1ccccc1OC[C@@H]1CCCCO1. The number of hydrogen-bond donors (Lipinski definition) is 0. The first-order chi connectivity index (χ1) is 8.40. The Hall–Kier alpha value is -1.22. The van der Waals surface area contributed by atoms with Crippen molar-refractivity contribution in [1.82, 2.24) is 0 Å². The molecule has 0 N–H and O–H groups in total. The van der Waals surface area contributed by atoms with Crippen LogP contribution in [0, 0.1) is 0 Å². The second-order valence-electron chi connectivity index (χ2n) is 4.18. The highest BCUT2D eigenvalue weighted by molar-refractivity contribution is 5.39. The summed E-state index contributed by atoms with van der Waals surface area (Å²) in [6, 6.07) is 7.78. The summed E-state index contributed by atoms with van der Waals surface area (Å²) >= 11 is 0. The first-order valence-electron chi connectivity index (χ1n) is 6.36. The maximum Gasteiger partial charge on any atom is 0.161 e. The molecule has 0 bridgehead atoms. The van der Waals surface area contributed by atoms with Gasteiger partial charge in [0.25, 0.3) is 0 Å². The van der Waals surface area contributed by atoms with Crippen LogP contribution in [0.4, 0.5) is 0 Å². The Labute approximate surface area is 103 Å². The van der Waals surface area contributed by atoms with Gasteiger partial charge in [-0.15, -0.1) is 0 Å². The van der Waals surface area contributed by atoms with Gasteiger partial charge in [-0.1, -0.05) is 12.1 Å². The van der Waals surface area contributed by atoms with E-state index in [0.717, 1.165) is 24.5 Å². The number of hydrogen-bond acceptors (Lipinski definition) is 3. The van der Waals surface area contributed by atoms with Gasteiger partial charge in [-0.2, -0.15) is 0 Å². The smallest absolute Gasteiger partial charge is 0.161 e. The van der Waals surface area contributed by atoms with Crippen molar-refractivity contribution in [2.24, 2.45) is 0 Å². The highest BCUT2D eigenvalue weighted by Gasteiger charge is 2.15. The molecule has 0 spiro atoms. The van der Waals surface area contributed by atoms with Gasteiger partial charge in [0.1, 0.15) is 6.61 Å². The van der Waals surface area contributed by atoms with Crippen molar-refractivity contribution in [2.45, 2.75) is 32.3 Å². The lowest BCUT2D eigenvalue weighted by molar-refractivity contribution is -0.0115. The number of para-hydroxylation sites is 2. The Morgan fingerprint density at radius 3 is 2.59 bits per heavy atom. The minimum Gasteiger partial charge on any atom is -0.490 e. The second-order valence-corrected chi connectivity index (χ2v) is 4.18. The van der Waals surface area contributed by atoms with Crippen LogP contribution in [-0.4, -0.2) is 25.9 Å². The van der Waals surface area contributed by atoms with E-state index in [9.17, 15) is 0 Å². The molecule has 1 heterocycles. The molecule has 1 saturated heterocycles. The third-order valence-corrected chi connectivity index (χ3v) is 2.85. The minimum atomic E-state index is 0.235. The molecule has 2 rings (SSSR count). The Morgan fingerprint density at radius 2 is 1.94 bits per heavy atom. The Bertz CT molecular complexity index is 332. The lowest BCUT2D eigenvalue weighted by Crippen LogP contribution is -2.25. The minimum absolute atomic E-state index is 0.235. The van der Waals surface area contributed by atoms with E-state index in [-0.39, 0.29) is 6.10 Å². The fourth-order valence-corrected chi connectivity index (χ4v) is 1.97. The summed E-state index contributed by atoms with van der Waals surface area (Å²) in [6.45, 7) is 4.10. The van der Waals surface area contributed by atoms with Crippen LogP contribution in [0.15, 0.2) is 24.3 Å². The molecule has 0 saturated carbocycles. The van der Waals surface area contributed by atoms with Crippen LogP contribution in [0.3, 0.4) is 0 Å². The summed E-state index contributed by atoms with van der Waals surface area (Å²) in [7, 11) is 0. The van der Waals surface area contributed by atoms with Crippen molar-refractivity contribution < 1.29 is 14.2 Å². The molecule has 1 fully saturated rings. The zero-order valence-corrected chi connectivity index (χ0v) is 10.4. The van der Waals surface area contributed by atoms with E-state index >= 15 is 0 Å². The molecule has 0 aliphatic carbocycles. The van der Waals surface area contributed by atoms with Gasteiger partial charge >= 0.3 is 0 Å². The van der Waals surface area contributed by atoms with Crippen molar-refractivity contribution in [3.63, 3.8) is 0 Å². The molecule has 0 amide bonds. The molecule has 3 nitrogen and oxygen atoms in total. The molecule has 3 heteroatoms. The van der Waals surface area contributed by atoms with Gasteiger partial charge in [0.05, 0.1) is 12.7 Å². The van der Waals surface area contributed by atoms with Gasteiger partial charge in [0.2, 0.25) is 0 Å². The molecule has 1 atom stereocenters. The molecular formula is C14H20O3. The molecular weight excluding hydrogens is 216 g/mol. The standard InChI is InChI=1S/C14H20O3/c1-2-15-13-8-3-4-9-14(13)17-11-12-7-5-6-10-16-12/h3-4,8-9,12H,2,5-7,10-11H2,1H3/t12-/m0/s1. The van der Waals surface area contributed by atoms with Crippen LogP contribution < -0.4 is 9.47 Å². The van der Waals surface area contributed by atoms with E-state index in [4.69, 9.17) is 14.2 Å². The monoisotopic (exact) mass is 236 g/mol.